The largest absolute Gasteiger partial charge is 0.337 e. The number of hydrogen-bond acceptors (Lipinski definition) is 5. The Morgan fingerprint density at radius 2 is 2.06 bits per heavy atom. The van der Waals surface area contributed by atoms with Gasteiger partial charge in [-0.25, -0.2) is 14.4 Å². The van der Waals surface area contributed by atoms with Crippen LogP contribution in [0.2, 0.25) is 5.02 Å². The van der Waals surface area contributed by atoms with Gasteiger partial charge in [0, 0.05) is 47.6 Å². The molecule has 0 spiro atoms. The Morgan fingerprint density at radius 1 is 1.23 bits per heavy atom. The number of thioether (sulfide) groups is 1. The van der Waals surface area contributed by atoms with E-state index in [9.17, 15) is 9.18 Å². The number of imidazole rings is 1. The lowest BCUT2D eigenvalue weighted by molar-refractivity contribution is -0.118. The quantitative estimate of drug-likeness (QED) is 0.284. The molecule has 2 aromatic carbocycles. The highest BCUT2D eigenvalue weighted by Gasteiger charge is 2.19. The van der Waals surface area contributed by atoms with E-state index in [2.05, 4.69) is 9.97 Å². The zero-order chi connectivity index (χ0) is 21.6. The Bertz CT molecular complexity index is 1150. The van der Waals surface area contributed by atoms with Crippen molar-refractivity contribution in [3.63, 3.8) is 0 Å². The maximum absolute atomic E-state index is 13.6. The van der Waals surface area contributed by atoms with E-state index in [4.69, 9.17) is 11.6 Å². The molecule has 0 aliphatic rings. The van der Waals surface area contributed by atoms with E-state index in [0.29, 0.717) is 34.4 Å². The molecule has 0 N–H and O–H groups in total. The molecule has 2 heterocycles. The number of fused-ring (bicyclic) bond motifs is 1. The van der Waals surface area contributed by atoms with Crippen LogP contribution in [0.3, 0.4) is 0 Å². The van der Waals surface area contributed by atoms with Crippen LogP contribution in [0, 0.1) is 5.82 Å². The summed E-state index contributed by atoms with van der Waals surface area (Å²) in [6.45, 7) is 1.29. The minimum atomic E-state index is -0.306. The van der Waals surface area contributed by atoms with Crippen LogP contribution < -0.4 is 4.90 Å². The highest BCUT2D eigenvalue weighted by Crippen LogP contribution is 2.30. The lowest BCUT2D eigenvalue weighted by atomic mass is 10.3. The monoisotopic (exact) mass is 474 g/mol. The summed E-state index contributed by atoms with van der Waals surface area (Å²) >= 11 is 8.88. The van der Waals surface area contributed by atoms with Gasteiger partial charge in [-0.1, -0.05) is 22.9 Å². The first-order chi connectivity index (χ1) is 15.1. The van der Waals surface area contributed by atoms with E-state index in [1.807, 2.05) is 35.0 Å². The average molecular weight is 475 g/mol. The Kier molecular flexibility index (Phi) is 7.21. The van der Waals surface area contributed by atoms with Crippen LogP contribution in [0.15, 0.2) is 66.1 Å². The van der Waals surface area contributed by atoms with Gasteiger partial charge >= 0.3 is 0 Å². The fourth-order valence-electron chi connectivity index (χ4n) is 3.08. The molecule has 0 bridgehead atoms. The molecule has 0 fully saturated rings. The summed E-state index contributed by atoms with van der Waals surface area (Å²) in [5, 5.41) is 1.30. The summed E-state index contributed by atoms with van der Waals surface area (Å²) in [4.78, 5) is 24.5. The van der Waals surface area contributed by atoms with Gasteiger partial charge in [0.2, 0.25) is 5.91 Å². The van der Waals surface area contributed by atoms with Gasteiger partial charge in [-0.05, 0) is 48.9 Å². The Hall–Kier alpha value is -2.42. The van der Waals surface area contributed by atoms with Gasteiger partial charge in [0.25, 0.3) is 0 Å². The average Bonchev–Trinajstić information content (AvgIpc) is 3.42. The van der Waals surface area contributed by atoms with E-state index in [0.717, 1.165) is 22.6 Å². The molecule has 4 aromatic rings. The molecule has 0 radical (unpaired) electrons. The Labute approximate surface area is 192 Å². The lowest BCUT2D eigenvalue weighted by Crippen LogP contribution is -2.32. The number of thiazole rings is 1. The number of halogens is 2. The van der Waals surface area contributed by atoms with Crippen LogP contribution in [0.25, 0.3) is 10.2 Å². The SMILES string of the molecule is O=C(CCSc1ccc(Cl)cc1)N(CCCn1ccnc1)c1nc2ccc(F)cc2s1. The number of benzene rings is 2. The molecule has 0 saturated carbocycles. The van der Waals surface area contributed by atoms with E-state index in [1.165, 1.54) is 23.5 Å². The molecule has 5 nitrogen and oxygen atoms in total. The normalized spacial score (nSPS) is 11.2. The van der Waals surface area contributed by atoms with Crippen LogP contribution in [-0.2, 0) is 11.3 Å². The first-order valence-electron chi connectivity index (χ1n) is 9.79. The molecule has 0 aliphatic heterocycles. The molecule has 4 rings (SSSR count). The maximum Gasteiger partial charge on any atom is 0.229 e. The maximum atomic E-state index is 13.6. The summed E-state index contributed by atoms with van der Waals surface area (Å²) in [6, 6.07) is 12.1. The van der Waals surface area contributed by atoms with Crippen molar-refractivity contribution < 1.29 is 9.18 Å². The number of carbonyl (C=O) groups excluding carboxylic acids is 1. The van der Waals surface area contributed by atoms with Crippen molar-refractivity contribution in [3.8, 4) is 0 Å². The van der Waals surface area contributed by atoms with E-state index in [1.54, 1.807) is 35.3 Å². The number of aromatic nitrogens is 3. The van der Waals surface area contributed by atoms with Crippen molar-refractivity contribution in [2.45, 2.75) is 24.3 Å². The van der Waals surface area contributed by atoms with Crippen LogP contribution in [-0.4, -0.2) is 32.7 Å². The summed E-state index contributed by atoms with van der Waals surface area (Å²) in [5.41, 5.74) is 0.698. The highest BCUT2D eigenvalue weighted by atomic mass is 35.5. The van der Waals surface area contributed by atoms with Gasteiger partial charge in [0.15, 0.2) is 5.13 Å². The highest BCUT2D eigenvalue weighted by molar-refractivity contribution is 7.99. The third-order valence-electron chi connectivity index (χ3n) is 4.63. The molecule has 31 heavy (non-hydrogen) atoms. The first-order valence-corrected chi connectivity index (χ1v) is 12.0. The van der Waals surface area contributed by atoms with Crippen molar-refractivity contribution >= 4 is 56.0 Å². The molecule has 2 aromatic heterocycles. The number of carbonyl (C=O) groups is 1. The second-order valence-electron chi connectivity index (χ2n) is 6.86. The fourth-order valence-corrected chi connectivity index (χ4v) is 5.08. The summed E-state index contributed by atoms with van der Waals surface area (Å²) in [6.07, 6.45) is 6.53. The standard InChI is InChI=1S/C22H20ClFN4OS2/c23-16-2-5-18(6-3-16)30-13-8-21(29)28(11-1-10-27-12-9-25-15-27)22-26-19-7-4-17(24)14-20(19)31-22/h2-7,9,12,14-15H,1,8,10-11,13H2. The number of rotatable bonds is 9. The molecular weight excluding hydrogens is 455 g/mol. The van der Waals surface area contributed by atoms with Crippen LogP contribution in [0.5, 0.6) is 0 Å². The number of amides is 1. The van der Waals surface area contributed by atoms with Crippen molar-refractivity contribution in [3.05, 3.63) is 72.0 Å². The third kappa shape index (κ3) is 5.84. The molecule has 0 saturated heterocycles. The third-order valence-corrected chi connectivity index (χ3v) is 6.93. The number of aryl methyl sites for hydroxylation is 1. The fraction of sp³-hybridized carbons (Fsp3) is 0.227. The molecular formula is C22H20ClFN4OS2. The summed E-state index contributed by atoms with van der Waals surface area (Å²) in [5.74, 6) is 0.351. The zero-order valence-electron chi connectivity index (χ0n) is 16.6. The van der Waals surface area contributed by atoms with Gasteiger partial charge in [0.1, 0.15) is 5.82 Å². The number of anilines is 1. The predicted molar refractivity (Wildman–Crippen MR) is 126 cm³/mol. The zero-order valence-corrected chi connectivity index (χ0v) is 19.0. The Morgan fingerprint density at radius 3 is 2.84 bits per heavy atom. The van der Waals surface area contributed by atoms with Crippen molar-refractivity contribution in [1.29, 1.82) is 0 Å². The molecule has 0 atom stereocenters. The van der Waals surface area contributed by atoms with Crippen LogP contribution in [0.1, 0.15) is 12.8 Å². The van der Waals surface area contributed by atoms with E-state index < -0.39 is 0 Å². The molecule has 1 amide bonds. The molecule has 9 heteroatoms. The smallest absolute Gasteiger partial charge is 0.229 e. The lowest BCUT2D eigenvalue weighted by Gasteiger charge is -2.20. The van der Waals surface area contributed by atoms with Crippen molar-refractivity contribution in [2.75, 3.05) is 17.2 Å². The van der Waals surface area contributed by atoms with E-state index in [-0.39, 0.29) is 11.7 Å². The Balaban J connectivity index is 1.44. The summed E-state index contributed by atoms with van der Waals surface area (Å²) in [7, 11) is 0. The van der Waals surface area contributed by atoms with Gasteiger partial charge in [-0.3, -0.25) is 9.69 Å². The molecule has 0 unspecified atom stereocenters. The van der Waals surface area contributed by atoms with Gasteiger partial charge in [-0.15, -0.1) is 11.8 Å². The van der Waals surface area contributed by atoms with Gasteiger partial charge < -0.3 is 4.57 Å². The topological polar surface area (TPSA) is 51.0 Å². The minimum absolute atomic E-state index is 0.00613. The first kappa shape index (κ1) is 21.8. The second-order valence-corrected chi connectivity index (χ2v) is 9.47. The van der Waals surface area contributed by atoms with Gasteiger partial charge in [-0.2, -0.15) is 0 Å². The predicted octanol–water partition coefficient (Wildman–Crippen LogP) is 5.89. The number of nitrogens with zero attached hydrogens (tertiary/aromatic N) is 4. The minimum Gasteiger partial charge on any atom is -0.337 e. The van der Waals surface area contributed by atoms with Crippen molar-refractivity contribution in [2.24, 2.45) is 0 Å². The number of hydrogen-bond donors (Lipinski definition) is 0. The molecule has 0 aliphatic carbocycles. The van der Waals surface area contributed by atoms with Crippen molar-refractivity contribution in [1.82, 2.24) is 14.5 Å². The van der Waals surface area contributed by atoms with Crippen LogP contribution in [0.4, 0.5) is 9.52 Å². The second kappa shape index (κ2) is 10.3. The van der Waals surface area contributed by atoms with Crippen LogP contribution >= 0.6 is 34.7 Å². The van der Waals surface area contributed by atoms with Gasteiger partial charge in [0.05, 0.1) is 16.5 Å². The van der Waals surface area contributed by atoms with E-state index >= 15 is 0 Å². The molecule has 160 valence electrons. The summed E-state index contributed by atoms with van der Waals surface area (Å²) < 4.78 is 16.3.